The van der Waals surface area contributed by atoms with Gasteiger partial charge in [0.25, 0.3) is 5.91 Å². The van der Waals surface area contributed by atoms with Gasteiger partial charge in [-0.3, -0.25) is 4.79 Å². The maximum atomic E-state index is 11.8. The van der Waals surface area contributed by atoms with Crippen molar-refractivity contribution >= 4 is 40.9 Å². The van der Waals surface area contributed by atoms with Crippen molar-refractivity contribution in [2.24, 2.45) is 0 Å². The number of rotatable bonds is 9. The topological polar surface area (TPSA) is 38.3 Å². The highest BCUT2D eigenvalue weighted by molar-refractivity contribution is 7.98. The van der Waals surface area contributed by atoms with Crippen LogP contribution in [0.25, 0.3) is 0 Å². The van der Waals surface area contributed by atoms with E-state index in [4.69, 9.17) is 27.9 Å². The largest absolute Gasteiger partial charge is 0.484 e. The van der Waals surface area contributed by atoms with Crippen molar-refractivity contribution in [3.05, 3.63) is 63.6 Å². The minimum atomic E-state index is -0.118. The molecule has 1 N–H and O–H groups in total. The van der Waals surface area contributed by atoms with Gasteiger partial charge in [-0.25, -0.2) is 0 Å². The molecule has 0 spiro atoms. The van der Waals surface area contributed by atoms with E-state index in [-0.39, 0.29) is 12.5 Å². The Morgan fingerprint density at radius 3 is 2.50 bits per heavy atom. The lowest BCUT2D eigenvalue weighted by Gasteiger charge is -2.09. The first-order valence-electron chi connectivity index (χ1n) is 8.47. The highest BCUT2D eigenvalue weighted by atomic mass is 35.5. The highest BCUT2D eigenvalue weighted by Gasteiger charge is 2.04. The highest BCUT2D eigenvalue weighted by Crippen LogP contribution is 2.24. The lowest BCUT2D eigenvalue weighted by atomic mass is 10.0. The molecule has 6 heteroatoms. The van der Waals surface area contributed by atoms with Crippen LogP contribution < -0.4 is 10.1 Å². The molecule has 0 saturated carbocycles. The third-order valence-corrected chi connectivity index (χ3v) is 5.51. The molecule has 0 unspecified atom stereocenters. The number of amides is 1. The van der Waals surface area contributed by atoms with Crippen molar-refractivity contribution in [1.82, 2.24) is 5.32 Å². The molecular formula is C20H23Cl2NO2S. The Morgan fingerprint density at radius 2 is 1.85 bits per heavy atom. The summed E-state index contributed by atoms with van der Waals surface area (Å²) in [7, 11) is 0. The fourth-order valence-electron chi connectivity index (χ4n) is 2.23. The Kier molecular flexibility index (Phi) is 8.63. The van der Waals surface area contributed by atoms with E-state index in [2.05, 4.69) is 19.2 Å². The van der Waals surface area contributed by atoms with Crippen LogP contribution >= 0.6 is 35.0 Å². The number of thioether (sulfide) groups is 1. The molecule has 2 aromatic rings. The number of hydrogen-bond donors (Lipinski definition) is 1. The third-order valence-electron chi connectivity index (χ3n) is 3.74. The van der Waals surface area contributed by atoms with Crippen LogP contribution in [0.5, 0.6) is 5.75 Å². The van der Waals surface area contributed by atoms with Gasteiger partial charge in [0, 0.05) is 18.1 Å². The van der Waals surface area contributed by atoms with Gasteiger partial charge in [0.2, 0.25) is 0 Å². The maximum absolute atomic E-state index is 11.8. The monoisotopic (exact) mass is 411 g/mol. The van der Waals surface area contributed by atoms with E-state index in [1.165, 1.54) is 5.56 Å². The van der Waals surface area contributed by atoms with Gasteiger partial charge >= 0.3 is 0 Å². The van der Waals surface area contributed by atoms with Crippen LogP contribution in [0, 0.1) is 0 Å². The van der Waals surface area contributed by atoms with E-state index in [9.17, 15) is 4.79 Å². The van der Waals surface area contributed by atoms with E-state index in [0.717, 1.165) is 17.1 Å². The van der Waals surface area contributed by atoms with Gasteiger partial charge < -0.3 is 10.1 Å². The van der Waals surface area contributed by atoms with Gasteiger partial charge in [0.1, 0.15) is 5.75 Å². The summed E-state index contributed by atoms with van der Waals surface area (Å²) in [5.41, 5.74) is 2.37. The second-order valence-electron chi connectivity index (χ2n) is 6.16. The summed E-state index contributed by atoms with van der Waals surface area (Å²) >= 11 is 13.6. The molecule has 2 rings (SSSR count). The molecule has 3 nitrogen and oxygen atoms in total. The summed E-state index contributed by atoms with van der Waals surface area (Å²) < 4.78 is 5.51. The van der Waals surface area contributed by atoms with E-state index >= 15 is 0 Å². The van der Waals surface area contributed by atoms with Gasteiger partial charge in [-0.2, -0.15) is 11.8 Å². The molecule has 0 fully saturated rings. The smallest absolute Gasteiger partial charge is 0.257 e. The predicted octanol–water partition coefficient (Wildman–Crippen LogP) is 5.55. The van der Waals surface area contributed by atoms with Crippen LogP contribution in [0.2, 0.25) is 10.0 Å². The molecular weight excluding hydrogens is 389 g/mol. The van der Waals surface area contributed by atoms with Crippen LogP contribution in [0.15, 0.2) is 42.5 Å². The molecule has 0 atom stereocenters. The van der Waals surface area contributed by atoms with E-state index in [1.54, 1.807) is 17.8 Å². The number of ether oxygens (including phenoxy) is 1. The zero-order chi connectivity index (χ0) is 18.9. The lowest BCUT2D eigenvalue weighted by Crippen LogP contribution is -2.30. The van der Waals surface area contributed by atoms with E-state index < -0.39 is 0 Å². The average molecular weight is 412 g/mol. The van der Waals surface area contributed by atoms with Crippen molar-refractivity contribution in [2.45, 2.75) is 25.5 Å². The minimum absolute atomic E-state index is 0.0263. The second-order valence-corrected chi connectivity index (χ2v) is 8.08. The number of hydrogen-bond acceptors (Lipinski definition) is 3. The summed E-state index contributed by atoms with van der Waals surface area (Å²) in [4.78, 5) is 11.8. The molecule has 0 radical (unpaired) electrons. The van der Waals surface area contributed by atoms with Crippen LogP contribution in [-0.4, -0.2) is 24.8 Å². The molecule has 26 heavy (non-hydrogen) atoms. The normalized spacial score (nSPS) is 10.8. The Balaban J connectivity index is 1.60. The molecule has 0 bridgehead atoms. The first-order valence-corrected chi connectivity index (χ1v) is 10.4. The molecule has 2 aromatic carbocycles. The standard InChI is InChI=1S/C20H23Cl2NO2S/c1-14(2)16-4-6-17(7-5-16)25-12-20(24)23-9-10-26-13-15-3-8-18(21)19(22)11-15/h3-8,11,14H,9-10,12-13H2,1-2H3,(H,23,24). The number of benzene rings is 2. The van der Waals surface area contributed by atoms with Gasteiger partial charge in [0.05, 0.1) is 10.0 Å². The van der Waals surface area contributed by atoms with Crippen LogP contribution in [0.4, 0.5) is 0 Å². The van der Waals surface area contributed by atoms with Crippen molar-refractivity contribution in [1.29, 1.82) is 0 Å². The first kappa shape index (κ1) is 20.9. The first-order chi connectivity index (χ1) is 12.5. The molecule has 0 saturated heterocycles. The molecule has 0 heterocycles. The quantitative estimate of drug-likeness (QED) is 0.549. The fourth-order valence-corrected chi connectivity index (χ4v) is 3.36. The average Bonchev–Trinajstić information content (AvgIpc) is 2.63. The zero-order valence-electron chi connectivity index (χ0n) is 14.9. The SMILES string of the molecule is CC(C)c1ccc(OCC(=O)NCCSCc2ccc(Cl)c(Cl)c2)cc1. The summed E-state index contributed by atoms with van der Waals surface area (Å²) in [5, 5.41) is 3.99. The van der Waals surface area contributed by atoms with Gasteiger partial charge in [0.15, 0.2) is 6.61 Å². The Labute approximate surface area is 169 Å². The lowest BCUT2D eigenvalue weighted by molar-refractivity contribution is -0.122. The third kappa shape index (κ3) is 7.10. The Bertz CT molecular complexity index is 720. The van der Waals surface area contributed by atoms with Crippen molar-refractivity contribution in [2.75, 3.05) is 18.9 Å². The zero-order valence-corrected chi connectivity index (χ0v) is 17.3. The van der Waals surface area contributed by atoms with Gasteiger partial charge in [-0.1, -0.05) is 55.2 Å². The van der Waals surface area contributed by atoms with Gasteiger partial charge in [-0.15, -0.1) is 0 Å². The number of nitrogens with one attached hydrogen (secondary N) is 1. The number of halogens is 2. The molecule has 0 aliphatic heterocycles. The Hall–Kier alpha value is -1.36. The summed E-state index contributed by atoms with van der Waals surface area (Å²) in [6, 6.07) is 13.5. The van der Waals surface area contributed by atoms with Crippen molar-refractivity contribution < 1.29 is 9.53 Å². The van der Waals surface area contributed by atoms with Crippen molar-refractivity contribution in [3.8, 4) is 5.75 Å². The van der Waals surface area contributed by atoms with Crippen LogP contribution in [-0.2, 0) is 10.5 Å². The summed E-state index contributed by atoms with van der Waals surface area (Å²) in [6.07, 6.45) is 0. The number of carbonyl (C=O) groups excluding carboxylic acids is 1. The van der Waals surface area contributed by atoms with Crippen molar-refractivity contribution in [3.63, 3.8) is 0 Å². The predicted molar refractivity (Wildman–Crippen MR) is 112 cm³/mol. The number of carbonyl (C=O) groups is 1. The van der Waals surface area contributed by atoms with Crippen LogP contribution in [0.1, 0.15) is 30.9 Å². The minimum Gasteiger partial charge on any atom is -0.484 e. The fraction of sp³-hybridized carbons (Fsp3) is 0.350. The van der Waals surface area contributed by atoms with Crippen LogP contribution in [0.3, 0.4) is 0 Å². The summed E-state index contributed by atoms with van der Waals surface area (Å²) in [6.45, 7) is 4.91. The van der Waals surface area contributed by atoms with E-state index in [1.807, 2.05) is 36.4 Å². The molecule has 0 aliphatic rings. The molecule has 140 valence electrons. The Morgan fingerprint density at radius 1 is 1.12 bits per heavy atom. The molecule has 0 aliphatic carbocycles. The molecule has 1 amide bonds. The summed E-state index contributed by atoms with van der Waals surface area (Å²) in [5.74, 6) is 2.71. The van der Waals surface area contributed by atoms with Gasteiger partial charge in [-0.05, 0) is 41.3 Å². The van der Waals surface area contributed by atoms with E-state index in [0.29, 0.717) is 28.3 Å². The second kappa shape index (κ2) is 10.7. The molecule has 0 aromatic heterocycles. The maximum Gasteiger partial charge on any atom is 0.257 e.